The first-order chi connectivity index (χ1) is 8.26. The summed E-state index contributed by atoms with van der Waals surface area (Å²) >= 11 is 0. The van der Waals surface area contributed by atoms with Crippen LogP contribution >= 0.6 is 0 Å². The van der Waals surface area contributed by atoms with Gasteiger partial charge in [0.25, 0.3) is 0 Å². The molecule has 0 spiro atoms. The van der Waals surface area contributed by atoms with Gasteiger partial charge in [0, 0.05) is 0 Å². The second kappa shape index (κ2) is 18.3. The van der Waals surface area contributed by atoms with E-state index in [2.05, 4.69) is 39.9 Å². The third-order valence-corrected chi connectivity index (χ3v) is 2.84. The van der Waals surface area contributed by atoms with Gasteiger partial charge in [-0.15, -0.1) is 0 Å². The van der Waals surface area contributed by atoms with E-state index >= 15 is 0 Å². The molecule has 0 aromatic rings. The van der Waals surface area contributed by atoms with E-state index in [1.807, 2.05) is 0 Å². The van der Waals surface area contributed by atoms with Crippen molar-refractivity contribution >= 4 is 0 Å². The van der Waals surface area contributed by atoms with E-state index in [0.29, 0.717) is 0 Å². The van der Waals surface area contributed by atoms with Gasteiger partial charge in [0.15, 0.2) is 0 Å². The van der Waals surface area contributed by atoms with Crippen molar-refractivity contribution in [2.45, 2.75) is 86.0 Å². The Morgan fingerprint density at radius 2 is 1.41 bits per heavy atom. The fraction of sp³-hybridized carbons (Fsp3) is 1.00. The van der Waals surface area contributed by atoms with Crippen LogP contribution in [-0.2, 0) is 0 Å². The Labute approximate surface area is 111 Å². The molecule has 1 atom stereocenters. The fourth-order valence-electron chi connectivity index (χ4n) is 1.81. The number of nitrogens with one attached hydrogen (secondary N) is 1. The highest BCUT2D eigenvalue weighted by molar-refractivity contribution is 4.70. The molecule has 1 nitrogen and oxygen atoms in total. The van der Waals surface area contributed by atoms with Crippen LogP contribution in [0.5, 0.6) is 0 Å². The molecule has 0 amide bonds. The van der Waals surface area contributed by atoms with Crippen LogP contribution in [0.4, 0.5) is 0 Å². The molecule has 0 aromatic carbocycles. The summed E-state index contributed by atoms with van der Waals surface area (Å²) in [5.41, 5.74) is 0. The fourth-order valence-corrected chi connectivity index (χ4v) is 1.81. The van der Waals surface area contributed by atoms with E-state index in [0.717, 1.165) is 5.92 Å². The molecule has 1 N–H and O–H groups in total. The molecule has 106 valence electrons. The molecule has 1 heterocycles. The van der Waals surface area contributed by atoms with E-state index in [-0.39, 0.29) is 0 Å². The minimum absolute atomic E-state index is 1.00. The Hall–Kier alpha value is -0.0400. The van der Waals surface area contributed by atoms with Crippen LogP contribution < -0.4 is 5.32 Å². The van der Waals surface area contributed by atoms with Gasteiger partial charge in [0.1, 0.15) is 0 Å². The van der Waals surface area contributed by atoms with Gasteiger partial charge in [-0.2, -0.15) is 0 Å². The lowest BCUT2D eigenvalue weighted by Gasteiger charge is -2.04. The molecule has 1 aliphatic heterocycles. The average molecular weight is 243 g/mol. The molecule has 1 rings (SSSR count). The molecule has 1 saturated heterocycles. The van der Waals surface area contributed by atoms with Crippen molar-refractivity contribution in [3.63, 3.8) is 0 Å². The monoisotopic (exact) mass is 243 g/mol. The number of rotatable bonds is 5. The van der Waals surface area contributed by atoms with Crippen molar-refractivity contribution in [3.8, 4) is 0 Å². The summed E-state index contributed by atoms with van der Waals surface area (Å²) < 4.78 is 0. The molecule has 0 saturated carbocycles. The zero-order chi connectivity index (χ0) is 13.4. The molecule has 0 bridgehead atoms. The first kappa shape index (κ1) is 19.3. The van der Waals surface area contributed by atoms with Gasteiger partial charge in [-0.1, -0.05) is 73.1 Å². The van der Waals surface area contributed by atoms with Crippen molar-refractivity contribution < 1.29 is 0 Å². The minimum Gasteiger partial charge on any atom is -0.316 e. The van der Waals surface area contributed by atoms with Crippen LogP contribution in [0.3, 0.4) is 0 Å². The van der Waals surface area contributed by atoms with Crippen LogP contribution in [0.1, 0.15) is 86.0 Å². The molecule has 17 heavy (non-hydrogen) atoms. The van der Waals surface area contributed by atoms with Crippen molar-refractivity contribution in [2.24, 2.45) is 5.92 Å². The quantitative estimate of drug-likeness (QED) is 0.682. The average Bonchev–Trinajstić information content (AvgIpc) is 2.82. The summed E-state index contributed by atoms with van der Waals surface area (Å²) in [6.07, 6.45) is 11.0. The van der Waals surface area contributed by atoms with Crippen molar-refractivity contribution in [3.05, 3.63) is 0 Å². The normalized spacial score (nSPS) is 17.8. The van der Waals surface area contributed by atoms with Gasteiger partial charge in [-0.25, -0.2) is 0 Å². The first-order valence-corrected chi connectivity index (χ1v) is 7.97. The van der Waals surface area contributed by atoms with Gasteiger partial charge in [-0.3, -0.25) is 0 Å². The summed E-state index contributed by atoms with van der Waals surface area (Å²) in [5.74, 6) is 1.00. The summed E-state index contributed by atoms with van der Waals surface area (Å²) in [6.45, 7) is 13.5. The smallest absolute Gasteiger partial charge is 0.00200 e. The van der Waals surface area contributed by atoms with Crippen LogP contribution in [0.15, 0.2) is 0 Å². The van der Waals surface area contributed by atoms with Crippen LogP contribution in [0.25, 0.3) is 0 Å². The molecule has 1 heteroatoms. The zero-order valence-electron chi connectivity index (χ0n) is 13.1. The number of hydrogen-bond acceptors (Lipinski definition) is 1. The summed E-state index contributed by atoms with van der Waals surface area (Å²) in [6, 6.07) is 0. The Morgan fingerprint density at radius 3 is 1.71 bits per heavy atom. The van der Waals surface area contributed by atoms with Gasteiger partial charge in [0.05, 0.1) is 0 Å². The molecule has 0 aromatic heterocycles. The summed E-state index contributed by atoms with van der Waals surface area (Å²) in [5, 5.41) is 3.38. The lowest BCUT2D eigenvalue weighted by Crippen LogP contribution is -2.08. The molecule has 0 radical (unpaired) electrons. The standard InChI is InChI=1S/C8H17N.C5H12.C3H8/c1-2-3-4-8-5-6-9-7-8;1-3-5-4-2;1-3-2/h8-9H,2-7H2,1H3;3-5H2,1-2H3;3H2,1-2H3. The van der Waals surface area contributed by atoms with Crippen molar-refractivity contribution in [1.29, 1.82) is 0 Å². The van der Waals surface area contributed by atoms with E-state index in [1.54, 1.807) is 0 Å². The Morgan fingerprint density at radius 1 is 0.882 bits per heavy atom. The van der Waals surface area contributed by atoms with Crippen LogP contribution in [0.2, 0.25) is 0 Å². The summed E-state index contributed by atoms with van der Waals surface area (Å²) in [7, 11) is 0. The van der Waals surface area contributed by atoms with E-state index in [1.165, 1.54) is 64.5 Å². The highest BCUT2D eigenvalue weighted by atomic mass is 14.9. The minimum atomic E-state index is 1.00. The molecule has 1 fully saturated rings. The predicted octanol–water partition coefficient (Wildman–Crippen LogP) is 5.40. The first-order valence-electron chi connectivity index (χ1n) is 7.97. The third-order valence-electron chi connectivity index (χ3n) is 2.84. The molecular weight excluding hydrogens is 206 g/mol. The third kappa shape index (κ3) is 18.5. The second-order valence-corrected chi connectivity index (χ2v) is 5.06. The number of unbranched alkanes of at least 4 members (excludes halogenated alkanes) is 3. The SMILES string of the molecule is CCC.CCCCC.CCCCC1CCNC1. The van der Waals surface area contributed by atoms with Gasteiger partial charge in [-0.05, 0) is 31.8 Å². The molecular formula is C16H37N. The molecule has 0 aliphatic carbocycles. The zero-order valence-corrected chi connectivity index (χ0v) is 13.1. The number of hydrogen-bond donors (Lipinski definition) is 1. The highest BCUT2D eigenvalue weighted by Crippen LogP contribution is 2.14. The highest BCUT2D eigenvalue weighted by Gasteiger charge is 2.12. The Bertz CT molecular complexity index is 104. The van der Waals surface area contributed by atoms with Gasteiger partial charge < -0.3 is 5.32 Å². The Balaban J connectivity index is 0. The molecule has 1 unspecified atom stereocenters. The lowest BCUT2D eigenvalue weighted by atomic mass is 10.0. The van der Waals surface area contributed by atoms with E-state index in [9.17, 15) is 0 Å². The van der Waals surface area contributed by atoms with Gasteiger partial charge in [0.2, 0.25) is 0 Å². The van der Waals surface area contributed by atoms with Crippen molar-refractivity contribution in [2.75, 3.05) is 13.1 Å². The maximum Gasteiger partial charge on any atom is -0.00200 e. The summed E-state index contributed by atoms with van der Waals surface area (Å²) in [4.78, 5) is 0. The predicted molar refractivity (Wildman–Crippen MR) is 81.7 cm³/mol. The van der Waals surface area contributed by atoms with Gasteiger partial charge >= 0.3 is 0 Å². The molecule has 1 aliphatic rings. The topological polar surface area (TPSA) is 12.0 Å². The van der Waals surface area contributed by atoms with Crippen molar-refractivity contribution in [1.82, 2.24) is 5.32 Å². The largest absolute Gasteiger partial charge is 0.316 e. The van der Waals surface area contributed by atoms with Crippen LogP contribution in [-0.4, -0.2) is 13.1 Å². The maximum absolute atomic E-state index is 3.38. The van der Waals surface area contributed by atoms with Crippen LogP contribution in [0, 0.1) is 5.92 Å². The Kier molecular flexibility index (Phi) is 20.8. The van der Waals surface area contributed by atoms with E-state index in [4.69, 9.17) is 0 Å². The van der Waals surface area contributed by atoms with E-state index < -0.39 is 0 Å². The maximum atomic E-state index is 3.38. The lowest BCUT2D eigenvalue weighted by molar-refractivity contribution is 0.505. The second-order valence-electron chi connectivity index (χ2n) is 5.06.